The molecule has 6 heteroatoms. The molecule has 0 N–H and O–H groups in total. The highest BCUT2D eigenvalue weighted by Crippen LogP contribution is 2.30. The van der Waals surface area contributed by atoms with Gasteiger partial charge in [-0.25, -0.2) is 0 Å². The van der Waals surface area contributed by atoms with E-state index in [0.717, 1.165) is 22.2 Å². The second-order valence-corrected chi connectivity index (χ2v) is 7.83. The van der Waals surface area contributed by atoms with E-state index in [2.05, 4.69) is 0 Å². The number of carbonyl (C=O) groups excluding carboxylic acids is 1. The molecule has 0 atom stereocenters. The molecule has 3 aromatic carbocycles. The van der Waals surface area contributed by atoms with Crippen molar-refractivity contribution in [1.82, 2.24) is 9.47 Å². The molecule has 6 nitrogen and oxygen atoms in total. The molecule has 4 rings (SSSR count). The molecule has 32 heavy (non-hydrogen) atoms. The summed E-state index contributed by atoms with van der Waals surface area (Å²) < 4.78 is 12.7. The standard InChI is InChI=1S/C26H26N2O4/c1-17-13-23(31-3)24(32-4)14-18(17)15-27(2)25(29)16-28-21-11-7-5-9-19(21)26(30)20-10-6-8-12-22(20)28/h5-14H,15-16H2,1-4H3. The third kappa shape index (κ3) is 3.80. The zero-order valence-electron chi connectivity index (χ0n) is 18.7. The van der Waals surface area contributed by atoms with Crippen LogP contribution >= 0.6 is 0 Å². The van der Waals surface area contributed by atoms with E-state index in [9.17, 15) is 9.59 Å². The van der Waals surface area contributed by atoms with Crippen LogP contribution in [0.4, 0.5) is 0 Å². The minimum atomic E-state index is -0.0573. The van der Waals surface area contributed by atoms with Crippen LogP contribution in [0.2, 0.25) is 0 Å². The van der Waals surface area contributed by atoms with Crippen molar-refractivity contribution in [2.75, 3.05) is 21.3 Å². The highest BCUT2D eigenvalue weighted by molar-refractivity contribution is 5.94. The van der Waals surface area contributed by atoms with Crippen molar-refractivity contribution in [1.29, 1.82) is 0 Å². The lowest BCUT2D eigenvalue weighted by Crippen LogP contribution is -2.30. The predicted octanol–water partition coefficient (Wildman–Crippen LogP) is 4.14. The van der Waals surface area contributed by atoms with E-state index in [4.69, 9.17) is 9.47 Å². The van der Waals surface area contributed by atoms with Gasteiger partial charge in [-0.15, -0.1) is 0 Å². The Bertz CT molecular complexity index is 1310. The average molecular weight is 431 g/mol. The Labute approximate surface area is 186 Å². The summed E-state index contributed by atoms with van der Waals surface area (Å²) in [7, 11) is 4.98. The van der Waals surface area contributed by atoms with Gasteiger partial charge in [-0.2, -0.15) is 0 Å². The zero-order valence-corrected chi connectivity index (χ0v) is 18.7. The van der Waals surface area contributed by atoms with E-state index in [1.54, 1.807) is 26.2 Å². The van der Waals surface area contributed by atoms with Crippen LogP contribution in [0, 0.1) is 6.92 Å². The lowest BCUT2D eigenvalue weighted by Gasteiger charge is -2.22. The fraction of sp³-hybridized carbons (Fsp3) is 0.231. The van der Waals surface area contributed by atoms with E-state index >= 15 is 0 Å². The molecule has 0 spiro atoms. The molecule has 0 saturated carbocycles. The van der Waals surface area contributed by atoms with Crippen LogP contribution in [0.5, 0.6) is 11.5 Å². The first-order chi connectivity index (χ1) is 15.4. The molecule has 1 amide bonds. The normalized spacial score (nSPS) is 11.0. The van der Waals surface area contributed by atoms with Crippen LogP contribution in [-0.2, 0) is 17.9 Å². The summed E-state index contributed by atoms with van der Waals surface area (Å²) in [6.45, 7) is 2.55. The van der Waals surface area contributed by atoms with Crippen molar-refractivity contribution in [2.24, 2.45) is 0 Å². The molecular formula is C26H26N2O4. The number of fused-ring (bicyclic) bond motifs is 2. The Hall–Kier alpha value is -3.80. The Kier molecular flexibility index (Phi) is 5.86. The molecule has 1 aromatic heterocycles. The van der Waals surface area contributed by atoms with Gasteiger partial charge in [-0.1, -0.05) is 24.3 Å². The maximum Gasteiger partial charge on any atom is 0.242 e. The van der Waals surface area contributed by atoms with E-state index < -0.39 is 0 Å². The molecule has 0 bridgehead atoms. The van der Waals surface area contributed by atoms with Crippen LogP contribution in [0.1, 0.15) is 11.1 Å². The lowest BCUT2D eigenvalue weighted by atomic mass is 10.1. The van der Waals surface area contributed by atoms with Crippen molar-refractivity contribution in [3.05, 3.63) is 82.0 Å². The third-order valence-corrected chi connectivity index (χ3v) is 5.85. The summed E-state index contributed by atoms with van der Waals surface area (Å²) in [5.74, 6) is 1.23. The molecule has 0 aliphatic heterocycles. The molecule has 1 heterocycles. The second-order valence-electron chi connectivity index (χ2n) is 7.83. The predicted molar refractivity (Wildman–Crippen MR) is 126 cm³/mol. The fourth-order valence-corrected chi connectivity index (χ4v) is 4.04. The summed E-state index contributed by atoms with van der Waals surface area (Å²) in [5.41, 5.74) is 3.48. The van der Waals surface area contributed by atoms with Crippen molar-refractivity contribution in [3.63, 3.8) is 0 Å². The topological polar surface area (TPSA) is 60.8 Å². The quantitative estimate of drug-likeness (QED) is 0.432. The van der Waals surface area contributed by atoms with E-state index in [1.165, 1.54) is 0 Å². The van der Waals surface area contributed by atoms with Gasteiger partial charge in [0.25, 0.3) is 0 Å². The summed E-state index contributed by atoms with van der Waals surface area (Å²) in [4.78, 5) is 27.9. The maximum atomic E-state index is 13.2. The number of methoxy groups -OCH3 is 2. The number of carbonyl (C=O) groups is 1. The molecule has 0 saturated heterocycles. The number of aryl methyl sites for hydroxylation is 1. The van der Waals surface area contributed by atoms with Gasteiger partial charge in [0.15, 0.2) is 16.9 Å². The maximum absolute atomic E-state index is 13.2. The number of ether oxygens (including phenoxy) is 2. The molecule has 0 unspecified atom stereocenters. The van der Waals surface area contributed by atoms with Gasteiger partial charge in [0, 0.05) is 24.4 Å². The van der Waals surface area contributed by atoms with Crippen LogP contribution < -0.4 is 14.9 Å². The zero-order chi connectivity index (χ0) is 22.8. The van der Waals surface area contributed by atoms with E-state index in [0.29, 0.717) is 28.8 Å². The monoisotopic (exact) mass is 430 g/mol. The first-order valence-electron chi connectivity index (χ1n) is 10.4. The minimum absolute atomic E-state index is 0.0193. The van der Waals surface area contributed by atoms with Gasteiger partial charge in [0.2, 0.25) is 5.91 Å². The van der Waals surface area contributed by atoms with Gasteiger partial charge < -0.3 is 18.9 Å². The number of rotatable bonds is 6. The van der Waals surface area contributed by atoms with Crippen molar-refractivity contribution >= 4 is 27.7 Å². The average Bonchev–Trinajstić information content (AvgIpc) is 2.82. The summed E-state index contributed by atoms with van der Waals surface area (Å²) >= 11 is 0. The smallest absolute Gasteiger partial charge is 0.242 e. The number of likely N-dealkylation sites (N-methyl/N-ethyl adjacent to an activating group) is 1. The number of para-hydroxylation sites is 2. The number of pyridine rings is 1. The molecule has 0 aliphatic rings. The van der Waals surface area contributed by atoms with Gasteiger partial charge >= 0.3 is 0 Å². The number of amides is 1. The Morgan fingerprint density at radius 3 is 2.00 bits per heavy atom. The van der Waals surface area contributed by atoms with Crippen molar-refractivity contribution in [3.8, 4) is 11.5 Å². The Morgan fingerprint density at radius 1 is 0.906 bits per heavy atom. The first-order valence-corrected chi connectivity index (χ1v) is 10.4. The van der Waals surface area contributed by atoms with Crippen LogP contribution in [-0.4, -0.2) is 36.6 Å². The Morgan fingerprint density at radius 2 is 1.44 bits per heavy atom. The SMILES string of the molecule is COc1cc(C)c(CN(C)C(=O)Cn2c3ccccc3c(=O)c3ccccc32)cc1OC. The second kappa shape index (κ2) is 8.75. The number of aromatic nitrogens is 1. The van der Waals surface area contributed by atoms with Gasteiger partial charge in [-0.3, -0.25) is 9.59 Å². The molecule has 4 aromatic rings. The number of nitrogens with zero attached hydrogens (tertiary/aromatic N) is 2. The van der Waals surface area contributed by atoms with Gasteiger partial charge in [-0.05, 0) is 54.4 Å². The first kappa shape index (κ1) is 21.4. The molecule has 0 fully saturated rings. The number of benzene rings is 3. The fourth-order valence-electron chi connectivity index (χ4n) is 4.04. The summed E-state index contributed by atoms with van der Waals surface area (Å²) in [5, 5.41) is 1.22. The van der Waals surface area contributed by atoms with Gasteiger partial charge in [0.05, 0.1) is 25.3 Å². The Balaban J connectivity index is 1.69. The largest absolute Gasteiger partial charge is 0.493 e. The lowest BCUT2D eigenvalue weighted by molar-refractivity contribution is -0.130. The van der Waals surface area contributed by atoms with E-state index in [1.807, 2.05) is 72.2 Å². The number of hydrogen-bond acceptors (Lipinski definition) is 4. The number of hydrogen-bond donors (Lipinski definition) is 0. The highest BCUT2D eigenvalue weighted by atomic mass is 16.5. The minimum Gasteiger partial charge on any atom is -0.493 e. The van der Waals surface area contributed by atoms with Crippen molar-refractivity contribution < 1.29 is 14.3 Å². The highest BCUT2D eigenvalue weighted by Gasteiger charge is 2.17. The molecule has 0 aliphatic carbocycles. The summed E-state index contributed by atoms with van der Waals surface area (Å²) in [6, 6.07) is 18.7. The van der Waals surface area contributed by atoms with Crippen LogP contribution in [0.15, 0.2) is 65.5 Å². The summed E-state index contributed by atoms with van der Waals surface area (Å²) in [6.07, 6.45) is 0. The third-order valence-electron chi connectivity index (χ3n) is 5.85. The molecule has 0 radical (unpaired) electrons. The van der Waals surface area contributed by atoms with Gasteiger partial charge in [0.1, 0.15) is 6.54 Å². The van der Waals surface area contributed by atoms with E-state index in [-0.39, 0.29) is 17.9 Å². The van der Waals surface area contributed by atoms with Crippen LogP contribution in [0.3, 0.4) is 0 Å². The molecular weight excluding hydrogens is 404 g/mol. The van der Waals surface area contributed by atoms with Crippen molar-refractivity contribution in [2.45, 2.75) is 20.0 Å². The molecule has 164 valence electrons. The van der Waals surface area contributed by atoms with Crippen LogP contribution in [0.25, 0.3) is 21.8 Å².